The molecule has 0 aliphatic carbocycles. The van der Waals surface area contributed by atoms with Gasteiger partial charge in [-0.05, 0) is 44.6 Å². The summed E-state index contributed by atoms with van der Waals surface area (Å²) in [5, 5.41) is 0.611. The van der Waals surface area contributed by atoms with E-state index >= 15 is 0 Å². The fourth-order valence-electron chi connectivity index (χ4n) is 2.40. The number of fused-ring (bicyclic) bond motifs is 1. The molecule has 1 saturated heterocycles. The third-order valence-corrected chi connectivity index (χ3v) is 4.11. The molecule has 0 bridgehead atoms. The van der Waals surface area contributed by atoms with Crippen molar-refractivity contribution in [3.63, 3.8) is 0 Å². The number of benzene rings is 1. The fraction of sp³-hybridized carbons (Fsp3) is 0.462. The van der Waals surface area contributed by atoms with E-state index in [1.807, 2.05) is 18.2 Å². The van der Waals surface area contributed by atoms with Crippen molar-refractivity contribution in [2.24, 2.45) is 0 Å². The SMILES string of the molecule is CN1CCCC(Oc2ccc3nc(N)sc3c2)C1. The van der Waals surface area contributed by atoms with E-state index in [1.54, 1.807) is 0 Å². The Labute approximate surface area is 110 Å². The second-order valence-electron chi connectivity index (χ2n) is 4.83. The van der Waals surface area contributed by atoms with Gasteiger partial charge in [-0.15, -0.1) is 0 Å². The molecular weight excluding hydrogens is 246 g/mol. The Morgan fingerprint density at radius 3 is 3.22 bits per heavy atom. The summed E-state index contributed by atoms with van der Waals surface area (Å²) in [6, 6.07) is 6.00. The first kappa shape index (κ1) is 11.7. The van der Waals surface area contributed by atoms with Gasteiger partial charge in [0.2, 0.25) is 0 Å². The van der Waals surface area contributed by atoms with Crippen LogP contribution in [0.2, 0.25) is 0 Å². The molecular formula is C13H17N3OS. The molecule has 4 nitrogen and oxygen atoms in total. The zero-order valence-corrected chi connectivity index (χ0v) is 11.2. The topological polar surface area (TPSA) is 51.4 Å². The van der Waals surface area contributed by atoms with Crippen molar-refractivity contribution in [3.8, 4) is 5.75 Å². The maximum Gasteiger partial charge on any atom is 0.181 e. The van der Waals surface area contributed by atoms with Crippen LogP contribution in [0, 0.1) is 0 Å². The Bertz CT molecular complexity index is 554. The number of hydrogen-bond donors (Lipinski definition) is 1. The third-order valence-electron chi connectivity index (χ3n) is 3.26. The highest BCUT2D eigenvalue weighted by atomic mass is 32.1. The summed E-state index contributed by atoms with van der Waals surface area (Å²) in [7, 11) is 2.14. The van der Waals surface area contributed by atoms with Crippen LogP contribution in [-0.4, -0.2) is 36.1 Å². The number of nitrogen functional groups attached to an aromatic ring is 1. The normalized spacial score (nSPS) is 21.3. The number of nitrogens with two attached hydrogens (primary N) is 1. The van der Waals surface area contributed by atoms with Gasteiger partial charge in [-0.25, -0.2) is 4.98 Å². The van der Waals surface area contributed by atoms with Gasteiger partial charge in [0.1, 0.15) is 11.9 Å². The summed E-state index contributed by atoms with van der Waals surface area (Å²) in [5.41, 5.74) is 6.65. The zero-order chi connectivity index (χ0) is 12.5. The van der Waals surface area contributed by atoms with Crippen molar-refractivity contribution >= 4 is 26.7 Å². The molecule has 1 aliphatic heterocycles. The summed E-state index contributed by atoms with van der Waals surface area (Å²) in [5.74, 6) is 0.923. The maximum atomic E-state index is 6.04. The van der Waals surface area contributed by atoms with Crippen molar-refractivity contribution in [2.45, 2.75) is 18.9 Å². The summed E-state index contributed by atoms with van der Waals surface area (Å²) >= 11 is 1.51. The molecule has 1 aliphatic rings. The largest absolute Gasteiger partial charge is 0.489 e. The Morgan fingerprint density at radius 1 is 1.50 bits per heavy atom. The van der Waals surface area contributed by atoms with Gasteiger partial charge >= 0.3 is 0 Å². The van der Waals surface area contributed by atoms with E-state index in [-0.39, 0.29) is 0 Å². The van der Waals surface area contributed by atoms with Crippen LogP contribution in [0.1, 0.15) is 12.8 Å². The fourth-order valence-corrected chi connectivity index (χ4v) is 3.17. The van der Waals surface area contributed by atoms with Gasteiger partial charge in [0.05, 0.1) is 10.2 Å². The summed E-state index contributed by atoms with van der Waals surface area (Å²) in [6.07, 6.45) is 2.64. The van der Waals surface area contributed by atoms with E-state index in [0.29, 0.717) is 11.2 Å². The molecule has 0 saturated carbocycles. The Morgan fingerprint density at radius 2 is 2.39 bits per heavy atom. The first-order chi connectivity index (χ1) is 8.70. The molecule has 2 aromatic rings. The monoisotopic (exact) mass is 263 g/mol. The molecule has 0 amide bonds. The van der Waals surface area contributed by atoms with Crippen LogP contribution < -0.4 is 10.5 Å². The molecule has 3 rings (SSSR count). The third kappa shape index (κ3) is 2.42. The lowest BCUT2D eigenvalue weighted by molar-refractivity contribution is 0.104. The van der Waals surface area contributed by atoms with Gasteiger partial charge in [-0.2, -0.15) is 0 Å². The minimum atomic E-state index is 0.298. The minimum Gasteiger partial charge on any atom is -0.489 e. The lowest BCUT2D eigenvalue weighted by atomic mass is 10.1. The Kier molecular flexibility index (Phi) is 3.09. The summed E-state index contributed by atoms with van der Waals surface area (Å²) < 4.78 is 7.13. The van der Waals surface area contributed by atoms with Crippen molar-refractivity contribution in [1.29, 1.82) is 0 Å². The maximum absolute atomic E-state index is 6.04. The molecule has 18 heavy (non-hydrogen) atoms. The van der Waals surface area contributed by atoms with E-state index in [0.717, 1.165) is 28.9 Å². The van der Waals surface area contributed by atoms with Crippen LogP contribution in [0.5, 0.6) is 5.75 Å². The van der Waals surface area contributed by atoms with Crippen LogP contribution in [0.15, 0.2) is 18.2 Å². The standard InChI is InChI=1S/C13H17N3OS/c1-16-6-2-3-10(8-16)17-9-4-5-11-12(7-9)18-13(14)15-11/h4-5,7,10H,2-3,6,8H2,1H3,(H2,14,15). The first-order valence-corrected chi connectivity index (χ1v) is 7.03. The molecule has 1 aromatic heterocycles. The highest BCUT2D eigenvalue weighted by molar-refractivity contribution is 7.22. The first-order valence-electron chi connectivity index (χ1n) is 6.22. The van der Waals surface area contributed by atoms with E-state index in [2.05, 4.69) is 16.9 Å². The molecule has 1 unspecified atom stereocenters. The van der Waals surface area contributed by atoms with Gasteiger partial charge < -0.3 is 15.4 Å². The Balaban J connectivity index is 1.77. The van der Waals surface area contributed by atoms with E-state index in [1.165, 1.54) is 24.3 Å². The molecule has 2 N–H and O–H groups in total. The van der Waals surface area contributed by atoms with E-state index in [4.69, 9.17) is 10.5 Å². The number of ether oxygens (including phenoxy) is 1. The van der Waals surface area contributed by atoms with Crippen molar-refractivity contribution in [3.05, 3.63) is 18.2 Å². The number of likely N-dealkylation sites (N-methyl/N-ethyl adjacent to an activating group) is 1. The number of piperidine rings is 1. The number of thiazole rings is 1. The second-order valence-corrected chi connectivity index (χ2v) is 5.89. The quantitative estimate of drug-likeness (QED) is 0.903. The molecule has 0 radical (unpaired) electrons. The summed E-state index contributed by atoms with van der Waals surface area (Å²) in [6.45, 7) is 2.17. The van der Waals surface area contributed by atoms with Crippen LogP contribution in [0.3, 0.4) is 0 Å². The van der Waals surface area contributed by atoms with E-state index < -0.39 is 0 Å². The zero-order valence-electron chi connectivity index (χ0n) is 10.4. The second kappa shape index (κ2) is 4.74. The summed E-state index contributed by atoms with van der Waals surface area (Å²) in [4.78, 5) is 6.56. The average molecular weight is 263 g/mol. The average Bonchev–Trinajstić information content (AvgIpc) is 2.68. The highest BCUT2D eigenvalue weighted by Crippen LogP contribution is 2.28. The van der Waals surface area contributed by atoms with Gasteiger partial charge in [-0.3, -0.25) is 0 Å². The lowest BCUT2D eigenvalue weighted by Gasteiger charge is -2.29. The predicted octanol–water partition coefficient (Wildman–Crippen LogP) is 2.35. The van der Waals surface area contributed by atoms with Crippen molar-refractivity contribution in [1.82, 2.24) is 9.88 Å². The molecule has 1 atom stereocenters. The van der Waals surface area contributed by atoms with Gasteiger partial charge in [0, 0.05) is 6.54 Å². The van der Waals surface area contributed by atoms with Gasteiger partial charge in [0.25, 0.3) is 0 Å². The van der Waals surface area contributed by atoms with E-state index in [9.17, 15) is 0 Å². The number of likely N-dealkylation sites (tertiary alicyclic amines) is 1. The Hall–Kier alpha value is -1.33. The minimum absolute atomic E-state index is 0.298. The van der Waals surface area contributed by atoms with Crippen LogP contribution >= 0.6 is 11.3 Å². The lowest BCUT2D eigenvalue weighted by Crippen LogP contribution is -2.38. The molecule has 0 spiro atoms. The van der Waals surface area contributed by atoms with Crippen LogP contribution in [-0.2, 0) is 0 Å². The number of rotatable bonds is 2. The predicted molar refractivity (Wildman–Crippen MR) is 75.2 cm³/mol. The molecule has 2 heterocycles. The number of anilines is 1. The number of aromatic nitrogens is 1. The van der Waals surface area contributed by atoms with Crippen molar-refractivity contribution < 1.29 is 4.74 Å². The van der Waals surface area contributed by atoms with Gasteiger partial charge in [0.15, 0.2) is 5.13 Å². The van der Waals surface area contributed by atoms with Crippen LogP contribution in [0.4, 0.5) is 5.13 Å². The molecule has 1 aromatic carbocycles. The number of hydrogen-bond acceptors (Lipinski definition) is 5. The molecule has 5 heteroatoms. The number of nitrogens with zero attached hydrogens (tertiary/aromatic N) is 2. The smallest absolute Gasteiger partial charge is 0.181 e. The van der Waals surface area contributed by atoms with Crippen molar-refractivity contribution in [2.75, 3.05) is 25.9 Å². The highest BCUT2D eigenvalue weighted by Gasteiger charge is 2.18. The van der Waals surface area contributed by atoms with Gasteiger partial charge in [-0.1, -0.05) is 11.3 Å². The van der Waals surface area contributed by atoms with Crippen LogP contribution in [0.25, 0.3) is 10.2 Å². The molecule has 1 fully saturated rings. The molecule has 96 valence electrons.